The summed E-state index contributed by atoms with van der Waals surface area (Å²) in [6.45, 7) is 7.20. The molecular weight excluding hydrogens is 244 g/mol. The van der Waals surface area contributed by atoms with Crippen molar-refractivity contribution >= 4 is 5.97 Å². The second-order valence-electron chi connectivity index (χ2n) is 5.32. The number of nitrogens with zero attached hydrogens (tertiary/aromatic N) is 1. The normalized spacial score (nSPS) is 14.6. The van der Waals surface area contributed by atoms with E-state index in [-0.39, 0.29) is 0 Å². The van der Waals surface area contributed by atoms with Crippen LogP contribution in [0.1, 0.15) is 39.5 Å². The quantitative estimate of drug-likeness (QED) is 0.529. The number of hydrogen-bond donors (Lipinski definition) is 2. The zero-order chi connectivity index (χ0) is 14.7. The van der Waals surface area contributed by atoms with Gasteiger partial charge >= 0.3 is 5.97 Å². The van der Waals surface area contributed by atoms with Crippen LogP contribution in [0.15, 0.2) is 0 Å². The van der Waals surface area contributed by atoms with Gasteiger partial charge in [-0.15, -0.1) is 0 Å². The Hall–Kier alpha value is -0.650. The van der Waals surface area contributed by atoms with E-state index in [4.69, 9.17) is 4.74 Å². The number of nitrogens with one attached hydrogen (secondary N) is 1. The van der Waals surface area contributed by atoms with Gasteiger partial charge in [-0.05, 0) is 52.7 Å². The van der Waals surface area contributed by atoms with Gasteiger partial charge in [0.25, 0.3) is 0 Å². The Kier molecular flexibility index (Phi) is 9.83. The molecule has 0 saturated heterocycles. The van der Waals surface area contributed by atoms with Crippen LogP contribution < -0.4 is 5.32 Å². The van der Waals surface area contributed by atoms with Gasteiger partial charge in [-0.3, -0.25) is 4.79 Å². The van der Waals surface area contributed by atoms with Crippen LogP contribution in [0.2, 0.25) is 0 Å². The predicted octanol–water partition coefficient (Wildman–Crippen LogP) is 1.58. The molecule has 0 radical (unpaired) electrons. The zero-order valence-electron chi connectivity index (χ0n) is 12.9. The molecule has 0 rings (SSSR count). The summed E-state index contributed by atoms with van der Waals surface area (Å²) in [7, 11) is 3.76. The number of carboxylic acids is 1. The van der Waals surface area contributed by atoms with E-state index >= 15 is 0 Å². The third kappa shape index (κ3) is 8.18. The summed E-state index contributed by atoms with van der Waals surface area (Å²) in [5, 5.41) is 12.4. The topological polar surface area (TPSA) is 61.8 Å². The van der Waals surface area contributed by atoms with Crippen molar-refractivity contribution in [2.45, 2.75) is 45.1 Å². The number of aliphatic carboxylic acids is 1. The molecule has 0 aromatic rings. The fraction of sp³-hybridized carbons (Fsp3) is 0.929. The molecule has 2 N–H and O–H groups in total. The van der Waals surface area contributed by atoms with Crippen LogP contribution in [0.4, 0.5) is 0 Å². The molecule has 0 heterocycles. The van der Waals surface area contributed by atoms with Crippen LogP contribution in [0, 0.1) is 0 Å². The fourth-order valence-electron chi connectivity index (χ4n) is 1.89. The summed E-state index contributed by atoms with van der Waals surface area (Å²) in [5.74, 6) is -0.756. The molecule has 0 aromatic heterocycles. The van der Waals surface area contributed by atoms with E-state index in [1.54, 1.807) is 14.0 Å². The lowest BCUT2D eigenvalue weighted by atomic mass is 9.94. The van der Waals surface area contributed by atoms with Crippen molar-refractivity contribution in [3.63, 3.8) is 0 Å². The number of likely N-dealkylation sites (N-methyl/N-ethyl adjacent to an activating group) is 1. The van der Waals surface area contributed by atoms with E-state index in [2.05, 4.69) is 17.3 Å². The lowest BCUT2D eigenvalue weighted by molar-refractivity contribution is -0.144. The Morgan fingerprint density at radius 3 is 2.58 bits per heavy atom. The van der Waals surface area contributed by atoms with Crippen molar-refractivity contribution in [2.24, 2.45) is 0 Å². The number of rotatable bonds is 12. The molecule has 0 bridgehead atoms. The van der Waals surface area contributed by atoms with Crippen molar-refractivity contribution in [1.29, 1.82) is 0 Å². The van der Waals surface area contributed by atoms with Crippen LogP contribution in [-0.4, -0.2) is 61.9 Å². The van der Waals surface area contributed by atoms with E-state index < -0.39 is 11.5 Å². The maximum Gasteiger partial charge on any atom is 0.323 e. The van der Waals surface area contributed by atoms with Gasteiger partial charge in [0.15, 0.2) is 0 Å². The molecule has 0 aliphatic carbocycles. The summed E-state index contributed by atoms with van der Waals surface area (Å²) >= 11 is 0. The van der Waals surface area contributed by atoms with Crippen molar-refractivity contribution in [3.05, 3.63) is 0 Å². The Balaban J connectivity index is 3.90. The number of methoxy groups -OCH3 is 1. The smallest absolute Gasteiger partial charge is 0.323 e. The Bertz CT molecular complexity index is 249. The van der Waals surface area contributed by atoms with E-state index in [1.807, 2.05) is 6.92 Å². The molecule has 1 atom stereocenters. The molecule has 5 nitrogen and oxygen atoms in total. The summed E-state index contributed by atoms with van der Waals surface area (Å²) in [5.41, 5.74) is -0.791. The molecule has 0 fully saturated rings. The predicted molar refractivity (Wildman–Crippen MR) is 77.6 cm³/mol. The zero-order valence-corrected chi connectivity index (χ0v) is 12.9. The van der Waals surface area contributed by atoms with Crippen LogP contribution >= 0.6 is 0 Å². The molecular formula is C14H30N2O3. The molecule has 0 amide bonds. The highest BCUT2D eigenvalue weighted by molar-refractivity contribution is 5.78. The number of carbonyl (C=O) groups is 1. The highest BCUT2D eigenvalue weighted by atomic mass is 16.5. The fourth-order valence-corrected chi connectivity index (χ4v) is 1.89. The Morgan fingerprint density at radius 1 is 1.37 bits per heavy atom. The van der Waals surface area contributed by atoms with Gasteiger partial charge < -0.3 is 20.1 Å². The highest BCUT2D eigenvalue weighted by Crippen LogP contribution is 2.14. The lowest BCUT2D eigenvalue weighted by Gasteiger charge is -2.26. The van der Waals surface area contributed by atoms with Crippen LogP contribution in [0.5, 0.6) is 0 Å². The second-order valence-corrected chi connectivity index (χ2v) is 5.32. The molecule has 114 valence electrons. The average Bonchev–Trinajstić information content (AvgIpc) is 2.38. The minimum absolute atomic E-state index is 0.667. The first-order valence-corrected chi connectivity index (χ1v) is 7.12. The first kappa shape index (κ1) is 18.4. The van der Waals surface area contributed by atoms with Crippen molar-refractivity contribution in [2.75, 3.05) is 40.4 Å². The molecule has 0 saturated carbocycles. The average molecular weight is 274 g/mol. The SMILES string of the molecule is CCCNC(C)(CCCCN(C)CCOC)C(=O)O. The molecule has 19 heavy (non-hydrogen) atoms. The van der Waals surface area contributed by atoms with Crippen molar-refractivity contribution < 1.29 is 14.6 Å². The van der Waals surface area contributed by atoms with Crippen LogP contribution in [0.3, 0.4) is 0 Å². The third-order valence-corrected chi connectivity index (χ3v) is 3.38. The molecule has 5 heteroatoms. The number of carboxylic acid groups (broad SMARTS) is 1. The van der Waals surface area contributed by atoms with Crippen LogP contribution in [0.25, 0.3) is 0 Å². The van der Waals surface area contributed by atoms with E-state index in [1.165, 1.54) is 0 Å². The molecule has 0 aliphatic rings. The van der Waals surface area contributed by atoms with Gasteiger partial charge in [-0.1, -0.05) is 6.92 Å². The first-order chi connectivity index (χ1) is 8.96. The van der Waals surface area contributed by atoms with Gasteiger partial charge in [0, 0.05) is 13.7 Å². The monoisotopic (exact) mass is 274 g/mol. The Morgan fingerprint density at radius 2 is 2.05 bits per heavy atom. The van der Waals surface area contributed by atoms with Crippen molar-refractivity contribution in [1.82, 2.24) is 10.2 Å². The van der Waals surface area contributed by atoms with Crippen LogP contribution in [-0.2, 0) is 9.53 Å². The lowest BCUT2D eigenvalue weighted by Crippen LogP contribution is -2.49. The van der Waals surface area contributed by atoms with Crippen molar-refractivity contribution in [3.8, 4) is 0 Å². The molecule has 0 aliphatic heterocycles. The molecule has 1 unspecified atom stereocenters. The van der Waals surface area contributed by atoms with Gasteiger partial charge in [-0.25, -0.2) is 0 Å². The molecule has 0 spiro atoms. The Labute approximate surface area is 117 Å². The van der Waals surface area contributed by atoms with Gasteiger partial charge in [0.05, 0.1) is 6.61 Å². The number of hydrogen-bond acceptors (Lipinski definition) is 4. The van der Waals surface area contributed by atoms with Gasteiger partial charge in [0.1, 0.15) is 5.54 Å². The highest BCUT2D eigenvalue weighted by Gasteiger charge is 2.31. The summed E-state index contributed by atoms with van der Waals surface area (Å²) in [4.78, 5) is 13.5. The maximum atomic E-state index is 11.3. The summed E-state index contributed by atoms with van der Waals surface area (Å²) in [6, 6.07) is 0. The number of unbranched alkanes of at least 4 members (excludes halogenated alkanes) is 1. The van der Waals surface area contributed by atoms with E-state index in [0.29, 0.717) is 6.42 Å². The first-order valence-electron chi connectivity index (χ1n) is 7.12. The van der Waals surface area contributed by atoms with E-state index in [0.717, 1.165) is 45.5 Å². The summed E-state index contributed by atoms with van der Waals surface area (Å²) in [6.07, 6.45) is 3.54. The minimum atomic E-state index is -0.791. The number of ether oxygens (including phenoxy) is 1. The van der Waals surface area contributed by atoms with Gasteiger partial charge in [0.2, 0.25) is 0 Å². The standard InChI is InChI=1S/C14H30N2O3/c1-5-9-15-14(2,13(17)18)8-6-7-10-16(3)11-12-19-4/h15H,5-12H2,1-4H3,(H,17,18). The van der Waals surface area contributed by atoms with Gasteiger partial charge in [-0.2, -0.15) is 0 Å². The molecule has 0 aromatic carbocycles. The third-order valence-electron chi connectivity index (χ3n) is 3.38. The largest absolute Gasteiger partial charge is 0.480 e. The summed E-state index contributed by atoms with van der Waals surface area (Å²) < 4.78 is 5.02. The van der Waals surface area contributed by atoms with E-state index in [9.17, 15) is 9.90 Å². The second kappa shape index (κ2) is 10.2. The minimum Gasteiger partial charge on any atom is -0.480 e. The maximum absolute atomic E-state index is 11.3.